The number of halogens is 1. The first kappa shape index (κ1) is 22.1. The van der Waals surface area contributed by atoms with Crippen LogP contribution >= 0.6 is 28.1 Å². The molecule has 30 heavy (non-hydrogen) atoms. The van der Waals surface area contributed by atoms with Gasteiger partial charge in [0.05, 0.1) is 12.6 Å². The van der Waals surface area contributed by atoms with E-state index < -0.39 is 0 Å². The fourth-order valence-electron chi connectivity index (χ4n) is 2.66. The second kappa shape index (κ2) is 10.4. The van der Waals surface area contributed by atoms with Crippen molar-refractivity contribution in [3.8, 4) is 17.1 Å². The Morgan fingerprint density at radius 3 is 2.67 bits per heavy atom. The highest BCUT2D eigenvalue weighted by molar-refractivity contribution is 9.10. The first-order chi connectivity index (χ1) is 14.4. The third-order valence-electron chi connectivity index (χ3n) is 4.45. The van der Waals surface area contributed by atoms with Gasteiger partial charge in [-0.05, 0) is 68.0 Å². The van der Waals surface area contributed by atoms with Gasteiger partial charge in [-0.15, -0.1) is 0 Å². The molecule has 0 aliphatic heterocycles. The number of benzene rings is 2. The number of rotatable bonds is 7. The molecule has 1 aromatic heterocycles. The van der Waals surface area contributed by atoms with E-state index in [4.69, 9.17) is 21.4 Å². The van der Waals surface area contributed by atoms with Crippen molar-refractivity contribution in [3.63, 3.8) is 0 Å². The Balaban J connectivity index is 1.53. The quantitative estimate of drug-likeness (QED) is 0.419. The van der Waals surface area contributed by atoms with Gasteiger partial charge in [-0.1, -0.05) is 41.1 Å². The lowest BCUT2D eigenvalue weighted by molar-refractivity contribution is 0.0975. The van der Waals surface area contributed by atoms with E-state index in [9.17, 15) is 4.79 Å². The van der Waals surface area contributed by atoms with Crippen molar-refractivity contribution in [2.75, 3.05) is 0 Å². The van der Waals surface area contributed by atoms with E-state index in [0.717, 1.165) is 22.2 Å². The van der Waals surface area contributed by atoms with Gasteiger partial charge in [0, 0.05) is 15.6 Å². The number of carbonyl (C=O) groups is 1. The lowest BCUT2D eigenvalue weighted by Gasteiger charge is -2.13. The van der Waals surface area contributed by atoms with Gasteiger partial charge < -0.3 is 14.5 Å². The molecule has 0 unspecified atom stereocenters. The molecule has 0 aliphatic carbocycles. The summed E-state index contributed by atoms with van der Waals surface area (Å²) in [5, 5.41) is 5.91. The van der Waals surface area contributed by atoms with Gasteiger partial charge in [0.15, 0.2) is 5.11 Å². The smallest absolute Gasteiger partial charge is 0.257 e. The Morgan fingerprint density at radius 1 is 1.17 bits per heavy atom. The van der Waals surface area contributed by atoms with Crippen molar-refractivity contribution in [1.82, 2.24) is 10.6 Å². The maximum atomic E-state index is 12.5. The Hall–Kier alpha value is -2.64. The molecule has 3 rings (SSSR count). The molecule has 2 N–H and O–H groups in total. The lowest BCUT2D eigenvalue weighted by atomic mass is 10.2. The summed E-state index contributed by atoms with van der Waals surface area (Å²) >= 11 is 8.67. The molecule has 0 spiro atoms. The minimum absolute atomic E-state index is 0.0849. The highest BCUT2D eigenvalue weighted by atomic mass is 79.9. The molecule has 156 valence electrons. The second-order valence-corrected chi connectivity index (χ2v) is 8.10. The maximum Gasteiger partial charge on any atom is 0.257 e. The van der Waals surface area contributed by atoms with Crippen LogP contribution in [0.5, 0.6) is 5.75 Å². The molecule has 5 nitrogen and oxygen atoms in total. The molecule has 1 atom stereocenters. The molecule has 1 heterocycles. The van der Waals surface area contributed by atoms with Gasteiger partial charge >= 0.3 is 0 Å². The molecule has 2 aromatic carbocycles. The molecule has 0 fully saturated rings. The first-order valence-electron chi connectivity index (χ1n) is 9.65. The maximum absolute atomic E-state index is 12.5. The summed E-state index contributed by atoms with van der Waals surface area (Å²) in [6, 6.07) is 18.7. The zero-order valence-electron chi connectivity index (χ0n) is 16.8. The van der Waals surface area contributed by atoms with Crippen molar-refractivity contribution < 1.29 is 13.9 Å². The Kier molecular flexibility index (Phi) is 7.65. The highest BCUT2D eigenvalue weighted by Crippen LogP contribution is 2.24. The highest BCUT2D eigenvalue weighted by Gasteiger charge is 2.11. The molecule has 1 amide bonds. The van der Waals surface area contributed by atoms with Crippen LogP contribution in [0.1, 0.15) is 36.4 Å². The molecule has 0 saturated carbocycles. The van der Waals surface area contributed by atoms with Crippen LogP contribution in [0.3, 0.4) is 0 Å². The van der Waals surface area contributed by atoms with Crippen molar-refractivity contribution in [2.24, 2.45) is 0 Å². The summed E-state index contributed by atoms with van der Waals surface area (Å²) in [5.74, 6) is 1.85. The van der Waals surface area contributed by atoms with E-state index in [1.165, 1.54) is 0 Å². The SMILES string of the molecule is CC[C@@H](C)Oc1cccc(C(=O)NC(=S)NCc2ccc(-c3ccc(Br)cc3)o2)c1. The number of hydrogen-bond acceptors (Lipinski definition) is 4. The van der Waals surface area contributed by atoms with Crippen molar-refractivity contribution in [1.29, 1.82) is 0 Å². The Bertz CT molecular complexity index is 1020. The van der Waals surface area contributed by atoms with Gasteiger partial charge in [-0.25, -0.2) is 0 Å². The molecule has 7 heteroatoms. The third kappa shape index (κ3) is 6.18. The van der Waals surface area contributed by atoms with Crippen molar-refractivity contribution in [3.05, 3.63) is 76.5 Å². The van der Waals surface area contributed by atoms with Crippen LogP contribution in [-0.2, 0) is 6.54 Å². The predicted molar refractivity (Wildman–Crippen MR) is 126 cm³/mol. The van der Waals surface area contributed by atoms with Gasteiger partial charge in [0.1, 0.15) is 17.3 Å². The van der Waals surface area contributed by atoms with Crippen LogP contribution in [0.25, 0.3) is 11.3 Å². The first-order valence-corrected chi connectivity index (χ1v) is 10.8. The van der Waals surface area contributed by atoms with Gasteiger partial charge in [0.2, 0.25) is 0 Å². The van der Waals surface area contributed by atoms with E-state index in [2.05, 4.69) is 26.6 Å². The second-order valence-electron chi connectivity index (χ2n) is 6.77. The van der Waals surface area contributed by atoms with Crippen LogP contribution in [0.15, 0.2) is 69.6 Å². The number of thiocarbonyl (C=S) groups is 1. The number of hydrogen-bond donors (Lipinski definition) is 2. The van der Waals surface area contributed by atoms with Crippen LogP contribution in [0.4, 0.5) is 0 Å². The van der Waals surface area contributed by atoms with Crippen LogP contribution in [-0.4, -0.2) is 17.1 Å². The van der Waals surface area contributed by atoms with Gasteiger partial charge in [-0.2, -0.15) is 0 Å². The molecule has 0 saturated heterocycles. The monoisotopic (exact) mass is 486 g/mol. The summed E-state index contributed by atoms with van der Waals surface area (Å²) in [7, 11) is 0. The van der Waals surface area contributed by atoms with E-state index in [-0.39, 0.29) is 17.1 Å². The molecule has 3 aromatic rings. The fourth-order valence-corrected chi connectivity index (χ4v) is 3.08. The number of amides is 1. The lowest BCUT2D eigenvalue weighted by Crippen LogP contribution is -2.38. The largest absolute Gasteiger partial charge is 0.491 e. The summed E-state index contributed by atoms with van der Waals surface area (Å²) < 4.78 is 12.6. The minimum Gasteiger partial charge on any atom is -0.491 e. The molecule has 0 radical (unpaired) electrons. The van der Waals surface area contributed by atoms with Crippen molar-refractivity contribution >= 4 is 39.2 Å². The number of nitrogens with one attached hydrogen (secondary N) is 2. The summed E-state index contributed by atoms with van der Waals surface area (Å²) in [5.41, 5.74) is 1.47. The van der Waals surface area contributed by atoms with Crippen molar-refractivity contribution in [2.45, 2.75) is 32.9 Å². The number of furan rings is 1. The summed E-state index contributed by atoms with van der Waals surface area (Å²) in [4.78, 5) is 12.5. The molecular weight excluding hydrogens is 464 g/mol. The zero-order chi connectivity index (χ0) is 21.5. The Labute approximate surface area is 189 Å². The third-order valence-corrected chi connectivity index (χ3v) is 5.22. The van der Waals surface area contributed by atoms with Crippen LogP contribution in [0.2, 0.25) is 0 Å². The van der Waals surface area contributed by atoms with E-state index >= 15 is 0 Å². The summed E-state index contributed by atoms with van der Waals surface area (Å²) in [6.07, 6.45) is 0.974. The van der Waals surface area contributed by atoms with E-state index in [1.807, 2.05) is 56.3 Å². The van der Waals surface area contributed by atoms with Crippen LogP contribution in [0, 0.1) is 0 Å². The average molecular weight is 487 g/mol. The molecule has 0 aliphatic rings. The normalized spacial score (nSPS) is 11.6. The number of ether oxygens (including phenoxy) is 1. The van der Waals surface area contributed by atoms with E-state index in [1.54, 1.807) is 18.2 Å². The van der Waals surface area contributed by atoms with Crippen LogP contribution < -0.4 is 15.4 Å². The van der Waals surface area contributed by atoms with Gasteiger partial charge in [0.25, 0.3) is 5.91 Å². The average Bonchev–Trinajstić information content (AvgIpc) is 3.22. The fraction of sp³-hybridized carbons (Fsp3) is 0.217. The Morgan fingerprint density at radius 2 is 1.93 bits per heavy atom. The van der Waals surface area contributed by atoms with E-state index in [0.29, 0.717) is 23.6 Å². The van der Waals surface area contributed by atoms with Gasteiger partial charge in [-0.3, -0.25) is 10.1 Å². The minimum atomic E-state index is -0.294. The zero-order valence-corrected chi connectivity index (χ0v) is 19.2. The number of carbonyl (C=O) groups excluding carboxylic acids is 1. The summed E-state index contributed by atoms with van der Waals surface area (Å²) in [6.45, 7) is 4.40. The standard InChI is InChI=1S/C23H23BrN2O3S/c1-3-15(2)28-19-6-4-5-17(13-19)22(27)26-23(30)25-14-20-11-12-21(29-20)16-7-9-18(24)10-8-16/h4-13,15H,3,14H2,1-2H3,(H2,25,26,27,30)/t15-/m1/s1. The molecular formula is C23H23BrN2O3S. The molecule has 0 bridgehead atoms. The predicted octanol–water partition coefficient (Wildman–Crippen LogP) is 5.69. The topological polar surface area (TPSA) is 63.5 Å².